The van der Waals surface area contributed by atoms with E-state index in [4.69, 9.17) is 14.2 Å². The molecular weight excluding hydrogens is 282 g/mol. The molecule has 3 rings (SSSR count). The molecule has 0 aromatic heterocycles. The predicted molar refractivity (Wildman–Crippen MR) is 82.2 cm³/mol. The van der Waals surface area contributed by atoms with Crippen LogP contribution >= 0.6 is 0 Å². The fourth-order valence-corrected chi connectivity index (χ4v) is 3.06. The van der Waals surface area contributed by atoms with Crippen LogP contribution in [0.1, 0.15) is 43.8 Å². The highest BCUT2D eigenvalue weighted by molar-refractivity contribution is 5.77. The normalized spacial score (nSPS) is 23.0. The number of carbonyl (C=O) groups excluding carboxylic acids is 1. The van der Waals surface area contributed by atoms with Gasteiger partial charge in [0.2, 0.25) is 5.91 Å². The average molecular weight is 305 g/mol. The van der Waals surface area contributed by atoms with Crippen molar-refractivity contribution in [3.05, 3.63) is 23.8 Å². The Bertz CT molecular complexity index is 515. The van der Waals surface area contributed by atoms with Gasteiger partial charge in [-0.15, -0.1) is 0 Å². The molecule has 22 heavy (non-hydrogen) atoms. The molecule has 1 unspecified atom stereocenters. The molecule has 120 valence electrons. The second-order valence-electron chi connectivity index (χ2n) is 5.89. The second-order valence-corrected chi connectivity index (χ2v) is 5.89. The van der Waals surface area contributed by atoms with Gasteiger partial charge >= 0.3 is 0 Å². The van der Waals surface area contributed by atoms with Gasteiger partial charge in [-0.3, -0.25) is 4.79 Å². The lowest BCUT2D eigenvalue weighted by Gasteiger charge is -2.26. The Morgan fingerprint density at radius 2 is 2.00 bits per heavy atom. The third kappa shape index (κ3) is 3.53. The zero-order valence-corrected chi connectivity index (χ0v) is 13.0. The highest BCUT2D eigenvalue weighted by Crippen LogP contribution is 2.34. The number of hydrogen-bond acceptors (Lipinski definition) is 4. The third-order valence-electron chi connectivity index (χ3n) is 4.31. The summed E-state index contributed by atoms with van der Waals surface area (Å²) < 4.78 is 17.2. The van der Waals surface area contributed by atoms with Gasteiger partial charge in [0.1, 0.15) is 12.7 Å². The molecule has 1 N–H and O–H groups in total. The van der Waals surface area contributed by atoms with Gasteiger partial charge in [0.15, 0.2) is 11.5 Å². The van der Waals surface area contributed by atoms with E-state index in [-0.39, 0.29) is 24.7 Å². The monoisotopic (exact) mass is 305 g/mol. The van der Waals surface area contributed by atoms with E-state index in [2.05, 4.69) is 5.32 Å². The summed E-state index contributed by atoms with van der Waals surface area (Å²) in [5, 5.41) is 2.82. The van der Waals surface area contributed by atoms with Crippen molar-refractivity contribution in [2.75, 3.05) is 20.3 Å². The van der Waals surface area contributed by atoms with Crippen LogP contribution in [0.2, 0.25) is 0 Å². The van der Waals surface area contributed by atoms with Gasteiger partial charge in [-0.05, 0) is 43.4 Å². The van der Waals surface area contributed by atoms with Crippen LogP contribution < -0.4 is 14.8 Å². The van der Waals surface area contributed by atoms with Crippen molar-refractivity contribution in [2.24, 2.45) is 0 Å². The summed E-state index contributed by atoms with van der Waals surface area (Å²) in [7, 11) is 1.65. The van der Waals surface area contributed by atoms with Crippen molar-refractivity contribution < 1.29 is 19.0 Å². The molecule has 2 fully saturated rings. The molecule has 1 saturated heterocycles. The van der Waals surface area contributed by atoms with Gasteiger partial charge in [0.25, 0.3) is 0 Å². The van der Waals surface area contributed by atoms with E-state index in [9.17, 15) is 4.79 Å². The molecule has 1 aromatic carbocycles. The fourth-order valence-electron chi connectivity index (χ4n) is 3.06. The standard InChI is InChI=1S/C17H23NO4/c1-20-14-8-7-12(16-10-18-17(19)11-21-16)9-15(14)22-13-5-3-2-4-6-13/h7-9,13,16H,2-6,10-11H2,1H3,(H,18,19). The summed E-state index contributed by atoms with van der Waals surface area (Å²) in [6.07, 6.45) is 6.09. The minimum Gasteiger partial charge on any atom is -0.493 e. The number of morpholine rings is 1. The van der Waals surface area contributed by atoms with E-state index in [1.807, 2.05) is 18.2 Å². The third-order valence-corrected chi connectivity index (χ3v) is 4.31. The van der Waals surface area contributed by atoms with Gasteiger partial charge in [0, 0.05) is 6.54 Å². The van der Waals surface area contributed by atoms with Crippen LogP contribution in [0.25, 0.3) is 0 Å². The van der Waals surface area contributed by atoms with Crippen molar-refractivity contribution in [2.45, 2.75) is 44.3 Å². The van der Waals surface area contributed by atoms with Crippen LogP contribution in [-0.4, -0.2) is 32.3 Å². The molecule has 5 nitrogen and oxygen atoms in total. The van der Waals surface area contributed by atoms with E-state index in [1.165, 1.54) is 19.3 Å². The van der Waals surface area contributed by atoms with E-state index >= 15 is 0 Å². The van der Waals surface area contributed by atoms with Crippen LogP contribution in [0.3, 0.4) is 0 Å². The lowest BCUT2D eigenvalue weighted by molar-refractivity contribution is -0.133. The van der Waals surface area contributed by atoms with Crippen molar-refractivity contribution in [1.82, 2.24) is 5.32 Å². The van der Waals surface area contributed by atoms with Crippen molar-refractivity contribution in [1.29, 1.82) is 0 Å². The van der Waals surface area contributed by atoms with E-state index in [0.29, 0.717) is 6.54 Å². The Hall–Kier alpha value is -1.75. The predicted octanol–water partition coefficient (Wildman–Crippen LogP) is 2.59. The first kappa shape index (κ1) is 15.2. The maximum atomic E-state index is 11.2. The van der Waals surface area contributed by atoms with E-state index in [0.717, 1.165) is 29.9 Å². The maximum Gasteiger partial charge on any atom is 0.246 e. The zero-order valence-electron chi connectivity index (χ0n) is 13.0. The number of amides is 1. The molecule has 2 aliphatic rings. The average Bonchev–Trinajstić information content (AvgIpc) is 2.56. The van der Waals surface area contributed by atoms with Gasteiger partial charge in [-0.1, -0.05) is 12.5 Å². The first-order chi connectivity index (χ1) is 10.8. The lowest BCUT2D eigenvalue weighted by Crippen LogP contribution is -2.38. The number of methoxy groups -OCH3 is 1. The molecule has 1 aliphatic heterocycles. The number of benzene rings is 1. The van der Waals surface area contributed by atoms with Crippen LogP contribution in [0.5, 0.6) is 11.5 Å². The van der Waals surface area contributed by atoms with Crippen molar-refractivity contribution in [3.63, 3.8) is 0 Å². The second kappa shape index (κ2) is 7.01. The summed E-state index contributed by atoms with van der Waals surface area (Å²) in [6.45, 7) is 0.601. The molecule has 0 radical (unpaired) electrons. The lowest BCUT2D eigenvalue weighted by atomic mass is 9.97. The first-order valence-electron chi connectivity index (χ1n) is 7.99. The highest BCUT2D eigenvalue weighted by atomic mass is 16.5. The summed E-state index contributed by atoms with van der Waals surface area (Å²) >= 11 is 0. The first-order valence-corrected chi connectivity index (χ1v) is 7.99. The van der Waals surface area contributed by atoms with Crippen LogP contribution in [-0.2, 0) is 9.53 Å². The minimum absolute atomic E-state index is 0.0663. The Kier molecular flexibility index (Phi) is 4.83. The largest absolute Gasteiger partial charge is 0.493 e. The molecule has 1 amide bonds. The van der Waals surface area contributed by atoms with Gasteiger partial charge < -0.3 is 19.5 Å². The Morgan fingerprint density at radius 1 is 1.18 bits per heavy atom. The summed E-state index contributed by atoms with van der Waals surface area (Å²) in [6, 6.07) is 5.86. The molecule has 1 atom stereocenters. The maximum absolute atomic E-state index is 11.2. The zero-order chi connectivity index (χ0) is 15.4. The smallest absolute Gasteiger partial charge is 0.246 e. The summed E-state index contributed by atoms with van der Waals surface area (Å²) in [5.74, 6) is 1.45. The summed E-state index contributed by atoms with van der Waals surface area (Å²) in [5.41, 5.74) is 1.01. The van der Waals surface area contributed by atoms with Gasteiger partial charge in [-0.2, -0.15) is 0 Å². The Balaban J connectivity index is 1.75. The molecule has 1 aromatic rings. The van der Waals surface area contributed by atoms with Crippen LogP contribution in [0.15, 0.2) is 18.2 Å². The number of ether oxygens (including phenoxy) is 3. The van der Waals surface area contributed by atoms with E-state index in [1.54, 1.807) is 7.11 Å². The molecule has 5 heteroatoms. The number of nitrogens with one attached hydrogen (secondary N) is 1. The van der Waals surface area contributed by atoms with Crippen LogP contribution in [0, 0.1) is 0 Å². The molecular formula is C17H23NO4. The molecule has 1 saturated carbocycles. The Labute approximate surface area is 130 Å². The SMILES string of the molecule is COc1ccc(C2CNC(=O)CO2)cc1OC1CCCCC1. The number of carbonyl (C=O) groups is 1. The minimum atomic E-state index is -0.127. The van der Waals surface area contributed by atoms with E-state index < -0.39 is 0 Å². The summed E-state index contributed by atoms with van der Waals surface area (Å²) in [4.78, 5) is 11.2. The highest BCUT2D eigenvalue weighted by Gasteiger charge is 2.23. The molecule has 1 aliphatic carbocycles. The molecule has 0 spiro atoms. The molecule has 0 bridgehead atoms. The number of hydrogen-bond donors (Lipinski definition) is 1. The molecule has 1 heterocycles. The van der Waals surface area contributed by atoms with Crippen molar-refractivity contribution in [3.8, 4) is 11.5 Å². The Morgan fingerprint density at radius 3 is 2.68 bits per heavy atom. The van der Waals surface area contributed by atoms with Crippen molar-refractivity contribution >= 4 is 5.91 Å². The quantitative estimate of drug-likeness (QED) is 0.929. The number of rotatable bonds is 4. The fraction of sp³-hybridized carbons (Fsp3) is 0.588. The van der Waals surface area contributed by atoms with Crippen LogP contribution in [0.4, 0.5) is 0 Å². The van der Waals surface area contributed by atoms with Gasteiger partial charge in [0.05, 0.1) is 13.2 Å². The van der Waals surface area contributed by atoms with Gasteiger partial charge in [-0.25, -0.2) is 0 Å². The topological polar surface area (TPSA) is 56.8 Å².